The molecule has 0 saturated heterocycles. The van der Waals surface area contributed by atoms with Crippen molar-refractivity contribution in [3.63, 3.8) is 0 Å². The first-order valence-corrected chi connectivity index (χ1v) is 8.33. The fourth-order valence-electron chi connectivity index (χ4n) is 2.67. The zero-order chi connectivity index (χ0) is 16.9. The molecule has 1 saturated carbocycles. The fraction of sp³-hybridized carbons (Fsp3) is 0.350. The summed E-state index contributed by atoms with van der Waals surface area (Å²) in [4.78, 5) is 12.3. The number of hydrogen-bond acceptors (Lipinski definition) is 3. The third kappa shape index (κ3) is 4.07. The molecule has 1 amide bonds. The standard InChI is InChI=1S/C20H23NO3/c1-14(16-8-9-16)21-20(22)17-10-11-18(19(12-17)23-2)24-13-15-6-4-3-5-7-15/h3-7,10-12,14,16H,8-9,13H2,1-2H3,(H,21,22)/t14-/m1/s1. The van der Waals surface area contributed by atoms with Crippen LogP contribution in [-0.2, 0) is 6.61 Å². The van der Waals surface area contributed by atoms with Crippen LogP contribution >= 0.6 is 0 Å². The summed E-state index contributed by atoms with van der Waals surface area (Å²) in [6.07, 6.45) is 2.41. The average Bonchev–Trinajstić information content (AvgIpc) is 3.45. The highest BCUT2D eigenvalue weighted by molar-refractivity contribution is 5.95. The minimum absolute atomic E-state index is 0.0673. The quantitative estimate of drug-likeness (QED) is 0.842. The maximum atomic E-state index is 12.3. The molecule has 24 heavy (non-hydrogen) atoms. The van der Waals surface area contributed by atoms with Gasteiger partial charge in [0.15, 0.2) is 11.5 Å². The van der Waals surface area contributed by atoms with E-state index < -0.39 is 0 Å². The first kappa shape index (κ1) is 16.4. The van der Waals surface area contributed by atoms with Crippen LogP contribution in [0.25, 0.3) is 0 Å². The van der Waals surface area contributed by atoms with Crippen molar-refractivity contribution in [3.05, 3.63) is 59.7 Å². The molecule has 0 heterocycles. The number of rotatable bonds is 7. The molecule has 0 radical (unpaired) electrons. The van der Waals surface area contributed by atoms with Crippen molar-refractivity contribution in [3.8, 4) is 11.5 Å². The van der Waals surface area contributed by atoms with Crippen LogP contribution < -0.4 is 14.8 Å². The van der Waals surface area contributed by atoms with Crippen molar-refractivity contribution in [2.45, 2.75) is 32.4 Å². The number of carbonyl (C=O) groups is 1. The topological polar surface area (TPSA) is 47.6 Å². The van der Waals surface area contributed by atoms with Crippen LogP contribution in [0.15, 0.2) is 48.5 Å². The number of carbonyl (C=O) groups excluding carboxylic acids is 1. The molecule has 0 aliphatic heterocycles. The lowest BCUT2D eigenvalue weighted by Crippen LogP contribution is -2.33. The van der Waals surface area contributed by atoms with Crippen LogP contribution in [0.3, 0.4) is 0 Å². The highest BCUT2D eigenvalue weighted by atomic mass is 16.5. The Bertz CT molecular complexity index is 695. The molecule has 1 aliphatic carbocycles. The third-order valence-corrected chi connectivity index (χ3v) is 4.35. The van der Waals surface area contributed by atoms with Gasteiger partial charge in [-0.1, -0.05) is 30.3 Å². The normalized spacial score (nSPS) is 14.8. The van der Waals surface area contributed by atoms with Crippen LogP contribution in [0.2, 0.25) is 0 Å². The first-order chi connectivity index (χ1) is 11.7. The smallest absolute Gasteiger partial charge is 0.251 e. The van der Waals surface area contributed by atoms with Gasteiger partial charge in [-0.2, -0.15) is 0 Å². The third-order valence-electron chi connectivity index (χ3n) is 4.35. The molecule has 4 nitrogen and oxygen atoms in total. The summed E-state index contributed by atoms with van der Waals surface area (Å²) >= 11 is 0. The predicted molar refractivity (Wildman–Crippen MR) is 93.4 cm³/mol. The van der Waals surface area contributed by atoms with E-state index in [9.17, 15) is 4.79 Å². The number of benzene rings is 2. The summed E-state index contributed by atoms with van der Waals surface area (Å²) in [6, 6.07) is 15.5. The molecule has 0 unspecified atom stereocenters. The monoisotopic (exact) mass is 325 g/mol. The lowest BCUT2D eigenvalue weighted by molar-refractivity contribution is 0.0935. The van der Waals surface area contributed by atoms with E-state index in [0.717, 1.165) is 5.56 Å². The fourth-order valence-corrected chi connectivity index (χ4v) is 2.67. The average molecular weight is 325 g/mol. The Balaban J connectivity index is 1.66. The van der Waals surface area contributed by atoms with E-state index in [1.165, 1.54) is 12.8 Å². The van der Waals surface area contributed by atoms with Gasteiger partial charge in [0.2, 0.25) is 0 Å². The van der Waals surface area contributed by atoms with Crippen LogP contribution in [0.1, 0.15) is 35.7 Å². The van der Waals surface area contributed by atoms with Crippen molar-refractivity contribution in [1.29, 1.82) is 0 Å². The lowest BCUT2D eigenvalue weighted by Gasteiger charge is -2.15. The molecular formula is C20H23NO3. The molecule has 3 rings (SSSR count). The van der Waals surface area contributed by atoms with Gasteiger partial charge >= 0.3 is 0 Å². The van der Waals surface area contributed by atoms with Gasteiger partial charge in [0.25, 0.3) is 5.91 Å². The van der Waals surface area contributed by atoms with Crippen LogP contribution in [0.5, 0.6) is 11.5 Å². The molecule has 4 heteroatoms. The van der Waals surface area contributed by atoms with Crippen LogP contribution in [0.4, 0.5) is 0 Å². The summed E-state index contributed by atoms with van der Waals surface area (Å²) in [7, 11) is 1.58. The largest absolute Gasteiger partial charge is 0.493 e. The maximum absolute atomic E-state index is 12.3. The van der Waals surface area contributed by atoms with Gasteiger partial charge in [0.1, 0.15) is 6.61 Å². The van der Waals surface area contributed by atoms with Gasteiger partial charge in [-0.25, -0.2) is 0 Å². The summed E-state index contributed by atoms with van der Waals surface area (Å²) in [6.45, 7) is 2.52. The SMILES string of the molecule is COc1cc(C(=O)N[C@H](C)C2CC2)ccc1OCc1ccccc1. The highest BCUT2D eigenvalue weighted by Gasteiger charge is 2.29. The second-order valence-corrected chi connectivity index (χ2v) is 6.24. The molecule has 2 aromatic rings. The van der Waals surface area contributed by atoms with Crippen molar-refractivity contribution >= 4 is 5.91 Å². The number of methoxy groups -OCH3 is 1. The van der Waals surface area contributed by atoms with E-state index in [1.807, 2.05) is 30.3 Å². The maximum Gasteiger partial charge on any atom is 0.251 e. The van der Waals surface area contributed by atoms with Gasteiger partial charge < -0.3 is 14.8 Å². The molecule has 2 aromatic carbocycles. The van der Waals surface area contributed by atoms with E-state index in [1.54, 1.807) is 25.3 Å². The van der Waals surface area contributed by atoms with Gasteiger partial charge in [-0.05, 0) is 49.4 Å². The zero-order valence-electron chi connectivity index (χ0n) is 14.1. The summed E-state index contributed by atoms with van der Waals surface area (Å²) in [5, 5.41) is 3.05. The molecule has 0 spiro atoms. The van der Waals surface area contributed by atoms with Gasteiger partial charge in [-0.3, -0.25) is 4.79 Å². The zero-order valence-corrected chi connectivity index (χ0v) is 14.1. The Morgan fingerprint density at radius 2 is 1.92 bits per heavy atom. The Hall–Kier alpha value is -2.49. The number of hydrogen-bond donors (Lipinski definition) is 1. The number of amides is 1. The second-order valence-electron chi connectivity index (χ2n) is 6.24. The summed E-state index contributed by atoms with van der Waals surface area (Å²) in [5.41, 5.74) is 1.67. The lowest BCUT2D eigenvalue weighted by atomic mass is 10.1. The molecule has 0 aromatic heterocycles. The van der Waals surface area contributed by atoms with Gasteiger partial charge in [0, 0.05) is 11.6 Å². The van der Waals surface area contributed by atoms with Crippen LogP contribution in [-0.4, -0.2) is 19.1 Å². The summed E-state index contributed by atoms with van der Waals surface area (Å²) in [5.74, 6) is 1.76. The van der Waals surface area contributed by atoms with Gasteiger partial charge in [-0.15, -0.1) is 0 Å². The van der Waals surface area contributed by atoms with Crippen molar-refractivity contribution < 1.29 is 14.3 Å². The number of ether oxygens (including phenoxy) is 2. The number of nitrogens with one attached hydrogen (secondary N) is 1. The Labute approximate surface area is 142 Å². The Kier molecular flexibility index (Phi) is 5.04. The van der Waals surface area contributed by atoms with E-state index >= 15 is 0 Å². The molecule has 1 N–H and O–H groups in total. The second kappa shape index (κ2) is 7.39. The first-order valence-electron chi connectivity index (χ1n) is 8.33. The molecule has 1 aliphatic rings. The van der Waals surface area contributed by atoms with Crippen molar-refractivity contribution in [2.24, 2.45) is 5.92 Å². The molecule has 1 atom stereocenters. The van der Waals surface area contributed by atoms with Crippen molar-refractivity contribution in [2.75, 3.05) is 7.11 Å². The van der Waals surface area contributed by atoms with Crippen LogP contribution in [0, 0.1) is 5.92 Å². The van der Waals surface area contributed by atoms with E-state index in [4.69, 9.17) is 9.47 Å². The molecule has 126 valence electrons. The van der Waals surface area contributed by atoms with E-state index in [0.29, 0.717) is 29.6 Å². The Morgan fingerprint density at radius 1 is 1.17 bits per heavy atom. The van der Waals surface area contributed by atoms with Crippen molar-refractivity contribution in [1.82, 2.24) is 5.32 Å². The highest BCUT2D eigenvalue weighted by Crippen LogP contribution is 2.33. The minimum atomic E-state index is -0.0673. The van der Waals surface area contributed by atoms with E-state index in [2.05, 4.69) is 12.2 Å². The predicted octanol–water partition coefficient (Wildman–Crippen LogP) is 3.80. The molecule has 1 fully saturated rings. The van der Waals surface area contributed by atoms with E-state index in [-0.39, 0.29) is 11.9 Å². The summed E-state index contributed by atoms with van der Waals surface area (Å²) < 4.78 is 11.2. The minimum Gasteiger partial charge on any atom is -0.493 e. The molecule has 0 bridgehead atoms. The molecular weight excluding hydrogens is 302 g/mol. The van der Waals surface area contributed by atoms with Gasteiger partial charge in [0.05, 0.1) is 7.11 Å². The Morgan fingerprint density at radius 3 is 2.58 bits per heavy atom.